The van der Waals surface area contributed by atoms with E-state index in [1.807, 2.05) is 6.20 Å². The zero-order valence-electron chi connectivity index (χ0n) is 13.7. The Kier molecular flexibility index (Phi) is 4.28. The molecule has 1 spiro atoms. The van der Waals surface area contributed by atoms with Gasteiger partial charge in [-0.15, -0.1) is 11.3 Å². The van der Waals surface area contributed by atoms with Crippen molar-refractivity contribution in [1.82, 2.24) is 19.7 Å². The molecule has 3 aliphatic rings. The number of carbonyl (C=O) groups is 1. The number of urea groups is 1. The molecule has 6 heteroatoms. The fourth-order valence-electron chi connectivity index (χ4n) is 4.51. The van der Waals surface area contributed by atoms with E-state index in [1.54, 1.807) is 11.3 Å². The highest BCUT2D eigenvalue weighted by Crippen LogP contribution is 2.39. The van der Waals surface area contributed by atoms with Crippen molar-refractivity contribution in [2.24, 2.45) is 5.41 Å². The Morgan fingerprint density at radius 3 is 2.74 bits per heavy atom. The van der Waals surface area contributed by atoms with Gasteiger partial charge in [0, 0.05) is 49.7 Å². The molecule has 3 aliphatic heterocycles. The molecule has 1 atom stereocenters. The van der Waals surface area contributed by atoms with Gasteiger partial charge in [0.25, 0.3) is 0 Å². The third-order valence-electron chi connectivity index (χ3n) is 5.67. The van der Waals surface area contributed by atoms with Crippen molar-refractivity contribution in [3.63, 3.8) is 0 Å². The Hall–Kier alpha value is -1.14. The van der Waals surface area contributed by atoms with Gasteiger partial charge in [-0.3, -0.25) is 4.90 Å². The van der Waals surface area contributed by atoms with Crippen LogP contribution in [0.25, 0.3) is 0 Å². The molecule has 3 saturated heterocycles. The lowest BCUT2D eigenvalue weighted by Gasteiger charge is -2.40. The lowest BCUT2D eigenvalue weighted by molar-refractivity contribution is 0.0873. The number of thiazole rings is 1. The molecule has 126 valence electrons. The summed E-state index contributed by atoms with van der Waals surface area (Å²) in [5.74, 6) is 0. The minimum atomic E-state index is 0.288. The Morgan fingerprint density at radius 1 is 1.09 bits per heavy atom. The highest BCUT2D eigenvalue weighted by Gasteiger charge is 2.43. The van der Waals surface area contributed by atoms with Gasteiger partial charge in [0.2, 0.25) is 0 Å². The van der Waals surface area contributed by atoms with E-state index < -0.39 is 0 Å². The standard InChI is InChI=1S/C17H26N4OS/c22-16(20-8-1-2-9-20)21-10-5-17(14-21)4-3-7-19(13-17)12-15-18-6-11-23-15/h6,11H,1-5,7-10,12-14H2. The number of amides is 2. The molecular weight excluding hydrogens is 308 g/mol. The van der Waals surface area contributed by atoms with Crippen molar-refractivity contribution < 1.29 is 4.79 Å². The second-order valence-corrected chi connectivity index (χ2v) is 8.37. The minimum Gasteiger partial charge on any atom is -0.325 e. The van der Waals surface area contributed by atoms with Gasteiger partial charge in [-0.25, -0.2) is 9.78 Å². The number of hydrogen-bond donors (Lipinski definition) is 0. The molecule has 5 nitrogen and oxygen atoms in total. The molecular formula is C17H26N4OS. The third-order valence-corrected chi connectivity index (χ3v) is 6.43. The largest absolute Gasteiger partial charge is 0.325 e. The Morgan fingerprint density at radius 2 is 1.96 bits per heavy atom. The highest BCUT2D eigenvalue weighted by molar-refractivity contribution is 7.09. The molecule has 0 aliphatic carbocycles. The van der Waals surface area contributed by atoms with Crippen LogP contribution in [-0.2, 0) is 6.54 Å². The van der Waals surface area contributed by atoms with E-state index >= 15 is 0 Å². The van der Waals surface area contributed by atoms with Crippen LogP contribution < -0.4 is 0 Å². The smallest absolute Gasteiger partial charge is 0.320 e. The predicted molar refractivity (Wildman–Crippen MR) is 91.5 cm³/mol. The number of nitrogens with zero attached hydrogens (tertiary/aromatic N) is 4. The Labute approximate surface area is 142 Å². The number of hydrogen-bond acceptors (Lipinski definition) is 4. The summed E-state index contributed by atoms with van der Waals surface area (Å²) < 4.78 is 0. The zero-order chi connectivity index (χ0) is 15.7. The summed E-state index contributed by atoms with van der Waals surface area (Å²) in [7, 11) is 0. The van der Waals surface area contributed by atoms with Crippen LogP contribution in [0.1, 0.15) is 37.1 Å². The van der Waals surface area contributed by atoms with Crippen LogP contribution in [0.15, 0.2) is 11.6 Å². The van der Waals surface area contributed by atoms with E-state index in [0.717, 1.165) is 39.3 Å². The molecule has 1 aromatic heterocycles. The first-order valence-corrected chi connectivity index (χ1v) is 9.77. The number of aromatic nitrogens is 1. The molecule has 0 N–H and O–H groups in total. The van der Waals surface area contributed by atoms with Crippen LogP contribution in [0.4, 0.5) is 4.79 Å². The van der Waals surface area contributed by atoms with Crippen LogP contribution in [-0.4, -0.2) is 65.0 Å². The first-order valence-electron chi connectivity index (χ1n) is 8.89. The van der Waals surface area contributed by atoms with Gasteiger partial charge in [-0.1, -0.05) is 0 Å². The molecule has 23 heavy (non-hydrogen) atoms. The molecule has 1 unspecified atom stereocenters. The summed E-state index contributed by atoms with van der Waals surface area (Å²) >= 11 is 1.75. The molecule has 4 rings (SSSR count). The van der Waals surface area contributed by atoms with Gasteiger partial charge in [0.05, 0.1) is 6.54 Å². The van der Waals surface area contributed by atoms with Gasteiger partial charge in [-0.2, -0.15) is 0 Å². The summed E-state index contributed by atoms with van der Waals surface area (Å²) in [6.07, 6.45) is 7.92. The van der Waals surface area contributed by atoms with E-state index in [9.17, 15) is 4.79 Å². The van der Waals surface area contributed by atoms with E-state index in [4.69, 9.17) is 0 Å². The fraction of sp³-hybridized carbons (Fsp3) is 0.765. The van der Waals surface area contributed by atoms with E-state index in [2.05, 4.69) is 25.1 Å². The average Bonchev–Trinajstić information content (AvgIpc) is 3.28. The number of rotatable bonds is 2. The van der Waals surface area contributed by atoms with E-state index in [0.29, 0.717) is 5.41 Å². The summed E-state index contributed by atoms with van der Waals surface area (Å²) in [4.78, 5) is 23.8. The van der Waals surface area contributed by atoms with Crippen LogP contribution in [0.5, 0.6) is 0 Å². The average molecular weight is 334 g/mol. The second kappa shape index (κ2) is 6.40. The molecule has 1 aromatic rings. The number of likely N-dealkylation sites (tertiary alicyclic amines) is 3. The van der Waals surface area contributed by atoms with Crippen molar-refractivity contribution >= 4 is 17.4 Å². The Bertz CT molecular complexity index is 543. The number of carbonyl (C=O) groups excluding carboxylic acids is 1. The normalized spacial score (nSPS) is 28.9. The SMILES string of the molecule is O=C(N1CCCC1)N1CCC2(CCCN(Cc3nccs3)C2)C1. The van der Waals surface area contributed by atoms with Crippen LogP contribution in [0, 0.1) is 5.41 Å². The summed E-state index contributed by atoms with van der Waals surface area (Å²) in [6.45, 7) is 7.07. The maximum Gasteiger partial charge on any atom is 0.320 e. The minimum absolute atomic E-state index is 0.288. The monoisotopic (exact) mass is 334 g/mol. The first kappa shape index (κ1) is 15.4. The molecule has 0 saturated carbocycles. The highest BCUT2D eigenvalue weighted by atomic mass is 32.1. The summed E-state index contributed by atoms with van der Waals surface area (Å²) in [6, 6.07) is 0.288. The third kappa shape index (κ3) is 3.24. The summed E-state index contributed by atoms with van der Waals surface area (Å²) in [5, 5.41) is 3.27. The van der Waals surface area contributed by atoms with Crippen LogP contribution in [0.2, 0.25) is 0 Å². The second-order valence-electron chi connectivity index (χ2n) is 7.39. The molecule has 3 fully saturated rings. The quantitative estimate of drug-likeness (QED) is 0.835. The van der Waals surface area contributed by atoms with Gasteiger partial charge >= 0.3 is 6.03 Å². The molecule has 2 amide bonds. The fourth-order valence-corrected chi connectivity index (χ4v) is 5.16. The summed E-state index contributed by atoms with van der Waals surface area (Å²) in [5.41, 5.74) is 0.324. The van der Waals surface area contributed by atoms with Gasteiger partial charge < -0.3 is 9.80 Å². The molecule has 0 bridgehead atoms. The van der Waals surface area contributed by atoms with Crippen molar-refractivity contribution in [3.8, 4) is 0 Å². The van der Waals surface area contributed by atoms with Gasteiger partial charge in [-0.05, 0) is 38.6 Å². The van der Waals surface area contributed by atoms with E-state index in [-0.39, 0.29) is 6.03 Å². The van der Waals surface area contributed by atoms with Crippen molar-refractivity contribution in [2.45, 2.75) is 38.6 Å². The Balaban J connectivity index is 1.37. The zero-order valence-corrected chi connectivity index (χ0v) is 14.6. The maximum atomic E-state index is 12.6. The van der Waals surface area contributed by atoms with Gasteiger partial charge in [0.15, 0.2) is 0 Å². The predicted octanol–water partition coefficient (Wildman–Crippen LogP) is 2.65. The topological polar surface area (TPSA) is 39.7 Å². The van der Waals surface area contributed by atoms with E-state index in [1.165, 1.54) is 43.7 Å². The van der Waals surface area contributed by atoms with Crippen molar-refractivity contribution in [1.29, 1.82) is 0 Å². The first-order chi connectivity index (χ1) is 11.2. The van der Waals surface area contributed by atoms with Crippen molar-refractivity contribution in [2.75, 3.05) is 39.3 Å². The van der Waals surface area contributed by atoms with Gasteiger partial charge in [0.1, 0.15) is 5.01 Å². The molecule has 0 aromatic carbocycles. The maximum absolute atomic E-state index is 12.6. The lowest BCUT2D eigenvalue weighted by atomic mass is 9.79. The van der Waals surface area contributed by atoms with Crippen LogP contribution >= 0.6 is 11.3 Å². The number of piperidine rings is 1. The molecule has 0 radical (unpaired) electrons. The molecule has 4 heterocycles. The van der Waals surface area contributed by atoms with Crippen molar-refractivity contribution in [3.05, 3.63) is 16.6 Å². The lowest BCUT2D eigenvalue weighted by Crippen LogP contribution is -2.46. The van der Waals surface area contributed by atoms with Crippen LogP contribution in [0.3, 0.4) is 0 Å².